The van der Waals surface area contributed by atoms with E-state index in [0.717, 1.165) is 10.8 Å². The number of aliphatic hydroxyl groups is 2. The fraction of sp³-hybridized carbons (Fsp3) is 0.286. The van der Waals surface area contributed by atoms with Gasteiger partial charge in [0, 0.05) is 15.8 Å². The third-order valence-electron chi connectivity index (χ3n) is 2.32. The molecule has 0 amide bonds. The molecular formula is C14H17ClO4. The fourth-order valence-electron chi connectivity index (χ4n) is 1.48. The summed E-state index contributed by atoms with van der Waals surface area (Å²) in [6.07, 6.45) is 0. The second-order valence-electron chi connectivity index (χ2n) is 3.67. The van der Waals surface area contributed by atoms with Gasteiger partial charge in [-0.05, 0) is 12.1 Å². The maximum atomic E-state index is 9.44. The smallest absolute Gasteiger partial charge is 0.123 e. The number of phenolic OH excluding ortho intramolecular Hbond substituents is 1. The highest BCUT2D eigenvalue weighted by atomic mass is 35.5. The minimum atomic E-state index is 0.0278. The van der Waals surface area contributed by atoms with Gasteiger partial charge in [-0.15, -0.1) is 0 Å². The first-order chi connectivity index (χ1) is 9.20. The third kappa shape index (κ3) is 5.04. The molecule has 0 spiro atoms. The molecule has 0 fully saturated rings. The van der Waals surface area contributed by atoms with Crippen molar-refractivity contribution in [3.05, 3.63) is 41.4 Å². The van der Waals surface area contributed by atoms with Crippen LogP contribution in [0.15, 0.2) is 36.4 Å². The van der Waals surface area contributed by atoms with Crippen molar-refractivity contribution in [3.8, 4) is 5.75 Å². The Morgan fingerprint density at radius 3 is 2.00 bits per heavy atom. The number of fused-ring (bicyclic) bond motifs is 1. The maximum Gasteiger partial charge on any atom is 0.123 e. The molecule has 2 aromatic rings. The van der Waals surface area contributed by atoms with Crippen molar-refractivity contribution < 1.29 is 20.1 Å². The van der Waals surface area contributed by atoms with Crippen molar-refractivity contribution in [1.29, 1.82) is 0 Å². The van der Waals surface area contributed by atoms with Gasteiger partial charge in [-0.1, -0.05) is 35.9 Å². The van der Waals surface area contributed by atoms with Crippen LogP contribution < -0.4 is 0 Å². The Morgan fingerprint density at radius 1 is 0.895 bits per heavy atom. The lowest BCUT2D eigenvalue weighted by Gasteiger charge is -2.01. The molecule has 2 rings (SSSR count). The first-order valence-corrected chi connectivity index (χ1v) is 6.24. The third-order valence-corrected chi connectivity index (χ3v) is 2.65. The predicted molar refractivity (Wildman–Crippen MR) is 75.6 cm³/mol. The fourth-order valence-corrected chi connectivity index (χ4v) is 1.71. The second-order valence-corrected chi connectivity index (χ2v) is 4.08. The molecular weight excluding hydrogens is 268 g/mol. The zero-order valence-electron chi connectivity index (χ0n) is 10.4. The number of ether oxygens (including phenoxy) is 1. The average molecular weight is 285 g/mol. The van der Waals surface area contributed by atoms with Crippen molar-refractivity contribution in [2.24, 2.45) is 0 Å². The van der Waals surface area contributed by atoms with Crippen LogP contribution in [-0.2, 0) is 4.74 Å². The molecule has 0 radical (unpaired) electrons. The predicted octanol–water partition coefficient (Wildman–Crippen LogP) is 2.19. The molecule has 3 N–H and O–H groups in total. The Hall–Kier alpha value is -1.33. The van der Waals surface area contributed by atoms with E-state index in [1.807, 2.05) is 24.3 Å². The van der Waals surface area contributed by atoms with Crippen LogP contribution in [0.4, 0.5) is 0 Å². The normalized spacial score (nSPS) is 10.1. The summed E-state index contributed by atoms with van der Waals surface area (Å²) >= 11 is 5.92. The molecule has 0 saturated carbocycles. The van der Waals surface area contributed by atoms with Crippen LogP contribution in [-0.4, -0.2) is 41.7 Å². The number of rotatable bonds is 4. The lowest BCUT2D eigenvalue weighted by Crippen LogP contribution is -2.03. The lowest BCUT2D eigenvalue weighted by atomic mass is 10.1. The van der Waals surface area contributed by atoms with Crippen LogP contribution in [0, 0.1) is 0 Å². The zero-order valence-corrected chi connectivity index (χ0v) is 11.2. The van der Waals surface area contributed by atoms with Gasteiger partial charge in [0.15, 0.2) is 0 Å². The van der Waals surface area contributed by atoms with Crippen molar-refractivity contribution in [1.82, 2.24) is 0 Å². The van der Waals surface area contributed by atoms with Crippen LogP contribution >= 0.6 is 11.6 Å². The molecule has 0 saturated heterocycles. The molecule has 0 aliphatic heterocycles. The van der Waals surface area contributed by atoms with Gasteiger partial charge in [-0.3, -0.25) is 0 Å². The van der Waals surface area contributed by atoms with Crippen LogP contribution in [0.3, 0.4) is 0 Å². The molecule has 0 atom stereocenters. The van der Waals surface area contributed by atoms with E-state index in [2.05, 4.69) is 4.74 Å². The minimum Gasteiger partial charge on any atom is -0.507 e. The van der Waals surface area contributed by atoms with Crippen molar-refractivity contribution in [2.75, 3.05) is 26.4 Å². The monoisotopic (exact) mass is 284 g/mol. The van der Waals surface area contributed by atoms with Crippen LogP contribution in [0.25, 0.3) is 10.8 Å². The second kappa shape index (κ2) is 8.72. The first-order valence-electron chi connectivity index (χ1n) is 5.86. The number of hydrogen-bond acceptors (Lipinski definition) is 4. The molecule has 5 heteroatoms. The molecule has 4 nitrogen and oxygen atoms in total. The van der Waals surface area contributed by atoms with Gasteiger partial charge in [0.25, 0.3) is 0 Å². The molecule has 2 aromatic carbocycles. The summed E-state index contributed by atoms with van der Waals surface area (Å²) in [5.74, 6) is 0.273. The Kier molecular flexibility index (Phi) is 7.22. The quantitative estimate of drug-likeness (QED) is 0.753. The van der Waals surface area contributed by atoms with E-state index < -0.39 is 0 Å². The van der Waals surface area contributed by atoms with E-state index in [4.69, 9.17) is 21.8 Å². The molecule has 104 valence electrons. The molecule has 0 heterocycles. The number of aromatic hydroxyl groups is 1. The number of aliphatic hydroxyl groups excluding tert-OH is 2. The number of halogens is 1. The highest BCUT2D eigenvalue weighted by Crippen LogP contribution is 2.29. The topological polar surface area (TPSA) is 69.9 Å². The van der Waals surface area contributed by atoms with Gasteiger partial charge >= 0.3 is 0 Å². The molecule has 0 unspecified atom stereocenters. The van der Waals surface area contributed by atoms with Crippen LogP contribution in [0.1, 0.15) is 0 Å². The maximum absolute atomic E-state index is 9.44. The summed E-state index contributed by atoms with van der Waals surface area (Å²) in [6, 6.07) is 10.8. The number of hydrogen-bond donors (Lipinski definition) is 3. The Bertz CT molecular complexity index is 457. The number of phenols is 1. The summed E-state index contributed by atoms with van der Waals surface area (Å²) in [5.41, 5.74) is 0. The highest BCUT2D eigenvalue weighted by molar-refractivity contribution is 6.35. The van der Waals surface area contributed by atoms with E-state index in [1.54, 1.807) is 12.1 Å². The summed E-state index contributed by atoms with van der Waals surface area (Å²) < 4.78 is 4.63. The Morgan fingerprint density at radius 2 is 1.47 bits per heavy atom. The SMILES string of the molecule is OCCOCCO.Oc1ccc(Cl)c2ccccc12. The molecule has 0 aliphatic carbocycles. The van der Waals surface area contributed by atoms with E-state index in [1.165, 1.54) is 0 Å². The van der Waals surface area contributed by atoms with E-state index in [9.17, 15) is 5.11 Å². The zero-order chi connectivity index (χ0) is 14.1. The number of benzene rings is 2. The van der Waals surface area contributed by atoms with Crippen molar-refractivity contribution in [2.45, 2.75) is 0 Å². The minimum absolute atomic E-state index is 0.0278. The van der Waals surface area contributed by atoms with Gasteiger partial charge in [-0.2, -0.15) is 0 Å². The lowest BCUT2D eigenvalue weighted by molar-refractivity contribution is 0.0650. The van der Waals surface area contributed by atoms with Gasteiger partial charge in [-0.25, -0.2) is 0 Å². The van der Waals surface area contributed by atoms with Gasteiger partial charge in [0.1, 0.15) is 5.75 Å². The summed E-state index contributed by atoms with van der Waals surface area (Å²) in [4.78, 5) is 0. The summed E-state index contributed by atoms with van der Waals surface area (Å²) in [7, 11) is 0. The van der Waals surface area contributed by atoms with E-state index in [-0.39, 0.29) is 19.0 Å². The van der Waals surface area contributed by atoms with Gasteiger partial charge in [0.05, 0.1) is 26.4 Å². The van der Waals surface area contributed by atoms with E-state index >= 15 is 0 Å². The standard InChI is InChI=1S/C10H7ClO.C4H10O3/c11-9-5-6-10(12)8-4-2-1-3-7(8)9;5-1-3-7-4-2-6/h1-6,12H;5-6H,1-4H2. The summed E-state index contributed by atoms with van der Waals surface area (Å²) in [6.45, 7) is 0.696. The van der Waals surface area contributed by atoms with Crippen LogP contribution in [0.5, 0.6) is 5.75 Å². The Labute approximate surface area is 116 Å². The largest absolute Gasteiger partial charge is 0.507 e. The van der Waals surface area contributed by atoms with Gasteiger partial charge in [0.2, 0.25) is 0 Å². The van der Waals surface area contributed by atoms with Gasteiger partial charge < -0.3 is 20.1 Å². The van der Waals surface area contributed by atoms with E-state index in [0.29, 0.717) is 18.2 Å². The summed E-state index contributed by atoms with van der Waals surface area (Å²) in [5, 5.41) is 28.0. The van der Waals surface area contributed by atoms with Crippen molar-refractivity contribution in [3.63, 3.8) is 0 Å². The Balaban J connectivity index is 0.000000224. The first kappa shape index (κ1) is 15.7. The molecule has 0 bridgehead atoms. The molecule has 0 aromatic heterocycles. The molecule has 0 aliphatic rings. The van der Waals surface area contributed by atoms with Crippen molar-refractivity contribution >= 4 is 22.4 Å². The highest BCUT2D eigenvalue weighted by Gasteiger charge is 2.00. The molecule has 19 heavy (non-hydrogen) atoms. The average Bonchev–Trinajstić information content (AvgIpc) is 2.45. The van der Waals surface area contributed by atoms with Crippen LogP contribution in [0.2, 0.25) is 5.02 Å².